The molecular formula is C13H23N3O2S. The Balaban J connectivity index is 1.95. The topological polar surface area (TPSA) is 74.0 Å². The zero-order valence-corrected chi connectivity index (χ0v) is 12.4. The first-order valence-electron chi connectivity index (χ1n) is 6.93. The second-order valence-corrected chi connectivity index (χ2v) is 7.00. The summed E-state index contributed by atoms with van der Waals surface area (Å²) in [6.07, 6.45) is 4.88. The van der Waals surface area contributed by atoms with Gasteiger partial charge in [-0.1, -0.05) is 6.92 Å². The van der Waals surface area contributed by atoms with Crippen molar-refractivity contribution in [3.05, 3.63) is 18.0 Å². The lowest BCUT2D eigenvalue weighted by molar-refractivity contribution is 0.538. The monoisotopic (exact) mass is 285 g/mol. The number of aromatic amines is 1. The molecule has 0 bridgehead atoms. The fourth-order valence-electron chi connectivity index (χ4n) is 2.08. The molecule has 0 radical (unpaired) electrons. The summed E-state index contributed by atoms with van der Waals surface area (Å²) in [5.41, 5.74) is 0.896. The van der Waals surface area contributed by atoms with Crippen LogP contribution in [0.15, 0.2) is 17.2 Å². The third kappa shape index (κ3) is 4.06. The normalized spacial score (nSPS) is 17.6. The number of nitrogens with one attached hydrogen (secondary N) is 3. The molecule has 0 amide bonds. The SMILES string of the molecule is CCCNCc1cc(S(=O)(=O)NC(C)C2CC2)c[nH]1. The maximum Gasteiger partial charge on any atom is 0.242 e. The van der Waals surface area contributed by atoms with Gasteiger partial charge >= 0.3 is 0 Å². The first-order chi connectivity index (χ1) is 9.03. The van der Waals surface area contributed by atoms with Crippen molar-refractivity contribution in [1.29, 1.82) is 0 Å². The van der Waals surface area contributed by atoms with E-state index in [1.165, 1.54) is 0 Å². The van der Waals surface area contributed by atoms with Gasteiger partial charge < -0.3 is 10.3 Å². The minimum atomic E-state index is -3.38. The average Bonchev–Trinajstić information content (AvgIpc) is 3.09. The van der Waals surface area contributed by atoms with Crippen LogP contribution in [0.25, 0.3) is 0 Å². The van der Waals surface area contributed by atoms with E-state index in [0.29, 0.717) is 17.4 Å². The van der Waals surface area contributed by atoms with E-state index in [1.54, 1.807) is 12.3 Å². The molecule has 5 nitrogen and oxygen atoms in total. The lowest BCUT2D eigenvalue weighted by atomic mass is 10.2. The molecule has 1 atom stereocenters. The van der Waals surface area contributed by atoms with Crippen molar-refractivity contribution in [3.8, 4) is 0 Å². The fraction of sp³-hybridized carbons (Fsp3) is 0.692. The summed E-state index contributed by atoms with van der Waals surface area (Å²) in [7, 11) is -3.38. The second-order valence-electron chi connectivity index (χ2n) is 5.28. The molecule has 1 fully saturated rings. The van der Waals surface area contributed by atoms with E-state index in [-0.39, 0.29) is 6.04 Å². The Bertz CT molecular complexity index is 506. The Morgan fingerprint density at radius 2 is 2.21 bits per heavy atom. The Labute approximate surface area is 115 Å². The minimum absolute atomic E-state index is 0.0292. The molecule has 19 heavy (non-hydrogen) atoms. The molecule has 1 saturated carbocycles. The van der Waals surface area contributed by atoms with Gasteiger partial charge in [0, 0.05) is 24.5 Å². The van der Waals surface area contributed by atoms with Crippen molar-refractivity contribution >= 4 is 10.0 Å². The van der Waals surface area contributed by atoms with Crippen LogP contribution in [0.5, 0.6) is 0 Å². The third-order valence-corrected chi connectivity index (χ3v) is 4.98. The molecule has 0 aliphatic heterocycles. The third-order valence-electron chi connectivity index (χ3n) is 3.44. The van der Waals surface area contributed by atoms with Gasteiger partial charge in [-0.05, 0) is 44.7 Å². The molecule has 0 saturated heterocycles. The van der Waals surface area contributed by atoms with Crippen LogP contribution in [0.1, 0.15) is 38.8 Å². The van der Waals surface area contributed by atoms with Crippen LogP contribution < -0.4 is 10.0 Å². The van der Waals surface area contributed by atoms with Gasteiger partial charge in [-0.25, -0.2) is 13.1 Å². The highest BCUT2D eigenvalue weighted by Crippen LogP contribution is 2.33. The largest absolute Gasteiger partial charge is 0.363 e. The molecule has 108 valence electrons. The molecular weight excluding hydrogens is 262 g/mol. The first-order valence-corrected chi connectivity index (χ1v) is 8.41. The van der Waals surface area contributed by atoms with Gasteiger partial charge in [0.1, 0.15) is 0 Å². The van der Waals surface area contributed by atoms with Gasteiger partial charge in [-0.2, -0.15) is 0 Å². The van der Waals surface area contributed by atoms with E-state index in [1.807, 2.05) is 6.92 Å². The van der Waals surface area contributed by atoms with Crippen molar-refractivity contribution in [3.63, 3.8) is 0 Å². The molecule has 1 aromatic rings. The predicted octanol–water partition coefficient (Wildman–Crippen LogP) is 1.59. The fourth-order valence-corrected chi connectivity index (χ4v) is 3.41. The number of H-pyrrole nitrogens is 1. The Hall–Kier alpha value is -0.850. The standard InChI is InChI=1S/C13H23N3O2S/c1-3-6-14-8-12-7-13(9-15-12)19(17,18)16-10(2)11-4-5-11/h7,9-11,14-16H,3-6,8H2,1-2H3. The number of aromatic nitrogens is 1. The van der Waals surface area contributed by atoms with Gasteiger partial charge in [0.15, 0.2) is 0 Å². The van der Waals surface area contributed by atoms with E-state index in [0.717, 1.165) is 31.5 Å². The second kappa shape index (κ2) is 6.07. The summed E-state index contributed by atoms with van der Waals surface area (Å²) >= 11 is 0. The predicted molar refractivity (Wildman–Crippen MR) is 75.3 cm³/mol. The summed E-state index contributed by atoms with van der Waals surface area (Å²) in [4.78, 5) is 3.33. The van der Waals surface area contributed by atoms with Gasteiger partial charge in [-0.15, -0.1) is 0 Å². The van der Waals surface area contributed by atoms with Gasteiger partial charge in [0.25, 0.3) is 0 Å². The zero-order chi connectivity index (χ0) is 13.9. The van der Waals surface area contributed by atoms with E-state index in [9.17, 15) is 8.42 Å². The molecule has 1 aromatic heterocycles. The van der Waals surface area contributed by atoms with E-state index in [4.69, 9.17) is 0 Å². The lowest BCUT2D eigenvalue weighted by Gasteiger charge is -2.11. The van der Waals surface area contributed by atoms with Crippen molar-refractivity contribution in [2.45, 2.75) is 50.6 Å². The van der Waals surface area contributed by atoms with Crippen LogP contribution in [0.4, 0.5) is 0 Å². The molecule has 1 aliphatic carbocycles. The highest BCUT2D eigenvalue weighted by atomic mass is 32.2. The van der Waals surface area contributed by atoms with Crippen molar-refractivity contribution in [1.82, 2.24) is 15.0 Å². The molecule has 0 spiro atoms. The van der Waals surface area contributed by atoms with Crippen LogP contribution in [0, 0.1) is 5.92 Å². The molecule has 0 aromatic carbocycles. The Morgan fingerprint density at radius 1 is 1.47 bits per heavy atom. The van der Waals surface area contributed by atoms with Crippen LogP contribution in [0.3, 0.4) is 0 Å². The minimum Gasteiger partial charge on any atom is -0.363 e. The van der Waals surface area contributed by atoms with E-state index < -0.39 is 10.0 Å². The van der Waals surface area contributed by atoms with Gasteiger partial charge in [0.2, 0.25) is 10.0 Å². The van der Waals surface area contributed by atoms with Crippen LogP contribution in [-0.2, 0) is 16.6 Å². The van der Waals surface area contributed by atoms with Crippen LogP contribution in [-0.4, -0.2) is 26.0 Å². The van der Waals surface area contributed by atoms with Crippen molar-refractivity contribution < 1.29 is 8.42 Å². The maximum atomic E-state index is 12.2. The smallest absolute Gasteiger partial charge is 0.242 e. The number of hydrogen-bond donors (Lipinski definition) is 3. The van der Waals surface area contributed by atoms with Crippen LogP contribution >= 0.6 is 0 Å². The van der Waals surface area contributed by atoms with Crippen molar-refractivity contribution in [2.24, 2.45) is 5.92 Å². The van der Waals surface area contributed by atoms with E-state index in [2.05, 4.69) is 21.9 Å². The summed E-state index contributed by atoms with van der Waals surface area (Å²) in [5, 5.41) is 3.24. The molecule has 1 unspecified atom stereocenters. The average molecular weight is 285 g/mol. The molecule has 1 heterocycles. The summed E-state index contributed by atoms with van der Waals surface area (Å²) in [6.45, 7) is 5.63. The van der Waals surface area contributed by atoms with E-state index >= 15 is 0 Å². The summed E-state index contributed by atoms with van der Waals surface area (Å²) in [6, 6.07) is 1.73. The molecule has 2 rings (SSSR count). The zero-order valence-electron chi connectivity index (χ0n) is 11.6. The molecule has 1 aliphatic rings. The Morgan fingerprint density at radius 3 is 2.84 bits per heavy atom. The number of rotatable bonds is 8. The Kier molecular flexibility index (Phi) is 4.65. The first kappa shape index (κ1) is 14.6. The highest BCUT2D eigenvalue weighted by molar-refractivity contribution is 7.89. The molecule has 3 N–H and O–H groups in total. The van der Waals surface area contributed by atoms with Gasteiger partial charge in [0.05, 0.1) is 4.90 Å². The van der Waals surface area contributed by atoms with Gasteiger partial charge in [-0.3, -0.25) is 0 Å². The number of hydrogen-bond acceptors (Lipinski definition) is 3. The van der Waals surface area contributed by atoms with Crippen molar-refractivity contribution in [2.75, 3.05) is 6.54 Å². The molecule has 6 heteroatoms. The maximum absolute atomic E-state index is 12.2. The number of sulfonamides is 1. The van der Waals surface area contributed by atoms with Crippen LogP contribution in [0.2, 0.25) is 0 Å². The summed E-state index contributed by atoms with van der Waals surface area (Å²) in [5.74, 6) is 0.513. The lowest BCUT2D eigenvalue weighted by Crippen LogP contribution is -2.33. The quantitative estimate of drug-likeness (QED) is 0.635. The summed E-state index contributed by atoms with van der Waals surface area (Å²) < 4.78 is 27.1. The highest BCUT2D eigenvalue weighted by Gasteiger charge is 2.31.